The molecule has 0 spiro atoms. The van der Waals surface area contributed by atoms with Crippen LogP contribution in [-0.2, 0) is 0 Å². The molecule has 0 aromatic heterocycles. The lowest BCUT2D eigenvalue weighted by molar-refractivity contribution is 0.00705. The van der Waals surface area contributed by atoms with Crippen molar-refractivity contribution in [3.63, 3.8) is 0 Å². The van der Waals surface area contributed by atoms with E-state index in [0.29, 0.717) is 5.41 Å². The van der Waals surface area contributed by atoms with Gasteiger partial charge in [0.15, 0.2) is 0 Å². The van der Waals surface area contributed by atoms with Gasteiger partial charge in [-0.25, -0.2) is 0 Å². The number of fused-ring (bicyclic) bond motifs is 5. The van der Waals surface area contributed by atoms with Gasteiger partial charge >= 0.3 is 0 Å². The van der Waals surface area contributed by atoms with E-state index < -0.39 is 0 Å². The minimum absolute atomic E-state index is 0.0266. The van der Waals surface area contributed by atoms with Gasteiger partial charge < -0.3 is 5.11 Å². The monoisotopic (exact) mass is 194 g/mol. The Labute approximate surface area is 86.9 Å². The Hall–Kier alpha value is -0.0400. The third-order valence-electron chi connectivity index (χ3n) is 5.40. The van der Waals surface area contributed by atoms with Gasteiger partial charge in [0.1, 0.15) is 0 Å². The molecule has 3 fully saturated rings. The average Bonchev–Trinajstić information content (AvgIpc) is 2.57. The third-order valence-corrected chi connectivity index (χ3v) is 5.40. The first kappa shape index (κ1) is 9.21. The molecule has 80 valence electrons. The van der Waals surface area contributed by atoms with E-state index in [4.69, 9.17) is 0 Å². The van der Waals surface area contributed by atoms with Crippen molar-refractivity contribution in [2.24, 2.45) is 29.1 Å². The molecule has 0 amide bonds. The fourth-order valence-electron chi connectivity index (χ4n) is 4.88. The van der Waals surface area contributed by atoms with Gasteiger partial charge in [0.2, 0.25) is 0 Å². The minimum atomic E-state index is 0.0266. The summed E-state index contributed by atoms with van der Waals surface area (Å²) in [5.74, 6) is 3.78. The summed E-state index contributed by atoms with van der Waals surface area (Å²) in [6, 6.07) is 0. The highest BCUT2D eigenvalue weighted by Crippen LogP contribution is 2.64. The summed E-state index contributed by atoms with van der Waals surface area (Å²) in [6.07, 6.45) is 6.40. The van der Waals surface area contributed by atoms with E-state index in [2.05, 4.69) is 13.8 Å². The third kappa shape index (κ3) is 1.11. The predicted molar refractivity (Wildman–Crippen MR) is 56.8 cm³/mol. The zero-order valence-electron chi connectivity index (χ0n) is 9.37. The number of aliphatic hydroxyl groups is 1. The summed E-state index contributed by atoms with van der Waals surface area (Å²) >= 11 is 0. The highest BCUT2D eigenvalue weighted by atomic mass is 16.3. The van der Waals surface area contributed by atoms with Crippen LogP contribution in [0.4, 0.5) is 0 Å². The highest BCUT2D eigenvalue weighted by molar-refractivity contribution is 5.06. The summed E-state index contributed by atoms with van der Waals surface area (Å²) in [5, 5.41) is 9.71. The molecule has 0 aromatic carbocycles. The van der Waals surface area contributed by atoms with Crippen LogP contribution in [0.15, 0.2) is 0 Å². The van der Waals surface area contributed by atoms with E-state index in [1.54, 1.807) is 0 Å². The molecular formula is C13H22O. The van der Waals surface area contributed by atoms with Crippen molar-refractivity contribution in [2.45, 2.75) is 52.1 Å². The molecule has 0 heterocycles. The Morgan fingerprint density at radius 3 is 2.64 bits per heavy atom. The molecular weight excluding hydrogens is 172 g/mol. The lowest BCUT2D eigenvalue weighted by Crippen LogP contribution is -2.38. The Balaban J connectivity index is 1.84. The average molecular weight is 194 g/mol. The number of aliphatic hydroxyl groups excluding tert-OH is 1. The molecule has 3 aliphatic rings. The highest BCUT2D eigenvalue weighted by Gasteiger charge is 2.56. The van der Waals surface area contributed by atoms with Crippen molar-refractivity contribution in [3.8, 4) is 0 Å². The zero-order chi connectivity index (χ0) is 9.92. The first-order valence-corrected chi connectivity index (χ1v) is 6.26. The fraction of sp³-hybridized carbons (Fsp3) is 1.00. The molecule has 1 heteroatoms. The second kappa shape index (κ2) is 2.75. The standard InChI is InChI=1S/C13H22O/c1-13(2)7-8-5-12(13)10-4-3-9(14)6-11(8)10/h8-12,14H,3-7H2,1-2H3. The molecule has 3 saturated carbocycles. The Morgan fingerprint density at radius 1 is 1.07 bits per heavy atom. The minimum Gasteiger partial charge on any atom is -0.393 e. The summed E-state index contributed by atoms with van der Waals surface area (Å²) in [5.41, 5.74) is 0.605. The first-order valence-electron chi connectivity index (χ1n) is 6.26. The molecule has 0 saturated heterocycles. The second-order valence-corrected chi connectivity index (χ2v) is 6.59. The van der Waals surface area contributed by atoms with Crippen LogP contribution in [0.5, 0.6) is 0 Å². The van der Waals surface area contributed by atoms with E-state index in [-0.39, 0.29) is 6.10 Å². The van der Waals surface area contributed by atoms with Crippen molar-refractivity contribution in [1.82, 2.24) is 0 Å². The predicted octanol–water partition coefficient (Wildman–Crippen LogP) is 2.83. The first-order chi connectivity index (χ1) is 6.58. The number of hydrogen-bond acceptors (Lipinski definition) is 1. The van der Waals surface area contributed by atoms with Crippen molar-refractivity contribution in [2.75, 3.05) is 0 Å². The van der Waals surface area contributed by atoms with Gasteiger partial charge in [-0.1, -0.05) is 13.8 Å². The van der Waals surface area contributed by atoms with E-state index in [1.165, 1.54) is 19.3 Å². The summed E-state index contributed by atoms with van der Waals surface area (Å²) < 4.78 is 0. The van der Waals surface area contributed by atoms with Crippen LogP contribution < -0.4 is 0 Å². The Bertz CT molecular complexity index is 246. The van der Waals surface area contributed by atoms with E-state index in [0.717, 1.165) is 36.5 Å². The molecule has 3 rings (SSSR count). The van der Waals surface area contributed by atoms with Crippen molar-refractivity contribution >= 4 is 0 Å². The van der Waals surface area contributed by atoms with E-state index >= 15 is 0 Å². The van der Waals surface area contributed by atoms with Crippen LogP contribution in [0.1, 0.15) is 46.0 Å². The summed E-state index contributed by atoms with van der Waals surface area (Å²) in [4.78, 5) is 0. The molecule has 2 bridgehead atoms. The van der Waals surface area contributed by atoms with Crippen LogP contribution in [0.25, 0.3) is 0 Å². The number of hydrogen-bond donors (Lipinski definition) is 1. The van der Waals surface area contributed by atoms with Gasteiger partial charge in [0.25, 0.3) is 0 Å². The fourth-order valence-corrected chi connectivity index (χ4v) is 4.88. The van der Waals surface area contributed by atoms with Crippen molar-refractivity contribution in [1.29, 1.82) is 0 Å². The van der Waals surface area contributed by atoms with Crippen LogP contribution in [0, 0.1) is 29.1 Å². The normalized spacial score (nSPS) is 54.6. The van der Waals surface area contributed by atoms with Crippen LogP contribution in [0.3, 0.4) is 0 Å². The van der Waals surface area contributed by atoms with Gasteiger partial charge in [-0.15, -0.1) is 0 Å². The van der Waals surface area contributed by atoms with Crippen molar-refractivity contribution in [3.05, 3.63) is 0 Å². The molecule has 5 unspecified atom stereocenters. The maximum absolute atomic E-state index is 9.71. The zero-order valence-corrected chi connectivity index (χ0v) is 9.37. The Morgan fingerprint density at radius 2 is 1.86 bits per heavy atom. The SMILES string of the molecule is CC1(C)CC2CC1C1CCC(O)CC21. The topological polar surface area (TPSA) is 20.2 Å². The van der Waals surface area contributed by atoms with Gasteiger partial charge in [-0.05, 0) is 61.2 Å². The van der Waals surface area contributed by atoms with E-state index in [9.17, 15) is 5.11 Å². The Kier molecular flexibility index (Phi) is 1.81. The van der Waals surface area contributed by atoms with Crippen LogP contribution in [-0.4, -0.2) is 11.2 Å². The van der Waals surface area contributed by atoms with Gasteiger partial charge in [-0.3, -0.25) is 0 Å². The molecule has 3 aliphatic carbocycles. The molecule has 1 nitrogen and oxygen atoms in total. The largest absolute Gasteiger partial charge is 0.393 e. The van der Waals surface area contributed by atoms with Crippen molar-refractivity contribution < 1.29 is 5.11 Å². The quantitative estimate of drug-likeness (QED) is 0.628. The molecule has 0 radical (unpaired) electrons. The molecule has 0 aromatic rings. The van der Waals surface area contributed by atoms with E-state index in [1.807, 2.05) is 0 Å². The van der Waals surface area contributed by atoms with Crippen LogP contribution in [0.2, 0.25) is 0 Å². The maximum atomic E-state index is 9.71. The maximum Gasteiger partial charge on any atom is 0.0543 e. The second-order valence-electron chi connectivity index (χ2n) is 6.59. The van der Waals surface area contributed by atoms with Gasteiger partial charge in [0, 0.05) is 0 Å². The summed E-state index contributed by atoms with van der Waals surface area (Å²) in [7, 11) is 0. The van der Waals surface area contributed by atoms with Gasteiger partial charge in [-0.2, -0.15) is 0 Å². The molecule has 1 N–H and O–H groups in total. The lowest BCUT2D eigenvalue weighted by atomic mass is 9.62. The smallest absolute Gasteiger partial charge is 0.0543 e. The van der Waals surface area contributed by atoms with Crippen LogP contribution >= 0.6 is 0 Å². The number of rotatable bonds is 0. The molecule has 14 heavy (non-hydrogen) atoms. The van der Waals surface area contributed by atoms with Gasteiger partial charge in [0.05, 0.1) is 6.10 Å². The summed E-state index contributed by atoms with van der Waals surface area (Å²) in [6.45, 7) is 4.91. The molecule has 0 aliphatic heterocycles. The molecule has 5 atom stereocenters. The lowest BCUT2D eigenvalue weighted by Gasteiger charge is -2.44.